The zero-order chi connectivity index (χ0) is 13.2. The molecule has 2 aromatic heterocycles. The van der Waals surface area contributed by atoms with Gasteiger partial charge in [0.05, 0.1) is 0 Å². The number of aryl methyl sites for hydroxylation is 1. The van der Waals surface area contributed by atoms with Crippen molar-refractivity contribution >= 4 is 16.8 Å². The van der Waals surface area contributed by atoms with Gasteiger partial charge >= 0.3 is 0 Å². The molecule has 2 heterocycles. The van der Waals surface area contributed by atoms with Crippen LogP contribution in [0.25, 0.3) is 10.9 Å². The number of rotatable bonds is 3. The largest absolute Gasteiger partial charge is 0.361 e. The smallest absolute Gasteiger partial charge is 0.252 e. The Bertz CT molecular complexity index is 724. The first-order valence-corrected chi connectivity index (χ1v) is 6.19. The Kier molecular flexibility index (Phi) is 2.83. The van der Waals surface area contributed by atoms with Gasteiger partial charge in [-0.15, -0.1) is 0 Å². The summed E-state index contributed by atoms with van der Waals surface area (Å²) >= 11 is 0. The van der Waals surface area contributed by atoms with E-state index >= 15 is 0 Å². The summed E-state index contributed by atoms with van der Waals surface area (Å²) in [5, 5.41) is 3.90. The highest BCUT2D eigenvalue weighted by Gasteiger charge is 2.09. The average molecular weight is 253 g/mol. The highest BCUT2D eigenvalue weighted by Crippen LogP contribution is 2.17. The van der Waals surface area contributed by atoms with Gasteiger partial charge < -0.3 is 14.9 Å². The first kappa shape index (κ1) is 11.6. The van der Waals surface area contributed by atoms with Gasteiger partial charge in [-0.05, 0) is 29.8 Å². The molecule has 1 aromatic carbocycles. The second-order valence-corrected chi connectivity index (χ2v) is 4.61. The van der Waals surface area contributed by atoms with Crippen molar-refractivity contribution in [3.8, 4) is 0 Å². The van der Waals surface area contributed by atoms with Gasteiger partial charge in [-0.25, -0.2) is 0 Å². The van der Waals surface area contributed by atoms with Crippen LogP contribution in [0, 0.1) is 0 Å². The molecule has 19 heavy (non-hydrogen) atoms. The molecule has 0 radical (unpaired) electrons. The molecule has 0 unspecified atom stereocenters. The van der Waals surface area contributed by atoms with Crippen LogP contribution in [0.1, 0.15) is 15.9 Å². The number of hydrogen-bond donors (Lipinski definition) is 2. The summed E-state index contributed by atoms with van der Waals surface area (Å²) in [6.45, 7) is 0.542. The number of aromatic amines is 1. The Hall–Kier alpha value is -2.49. The molecule has 0 fully saturated rings. The number of aromatic nitrogens is 2. The third kappa shape index (κ3) is 2.25. The average Bonchev–Trinajstić information content (AvgIpc) is 3.03. The summed E-state index contributed by atoms with van der Waals surface area (Å²) in [4.78, 5) is 15.3. The lowest BCUT2D eigenvalue weighted by Gasteiger charge is -2.05. The highest BCUT2D eigenvalue weighted by atomic mass is 16.1. The third-order valence-electron chi connectivity index (χ3n) is 3.19. The number of amides is 1. The summed E-state index contributed by atoms with van der Waals surface area (Å²) in [5.41, 5.74) is 2.78. The quantitative estimate of drug-likeness (QED) is 0.740. The first-order chi connectivity index (χ1) is 9.24. The summed E-state index contributed by atoms with van der Waals surface area (Å²) in [6, 6.07) is 9.61. The predicted molar refractivity (Wildman–Crippen MR) is 74.9 cm³/mol. The Morgan fingerprint density at radius 3 is 3.00 bits per heavy atom. The van der Waals surface area contributed by atoms with Gasteiger partial charge in [-0.1, -0.05) is 6.07 Å². The number of hydrogen-bond acceptors (Lipinski definition) is 1. The number of benzene rings is 1. The molecule has 0 aliphatic heterocycles. The Labute approximate surface area is 111 Å². The minimum atomic E-state index is -0.0472. The van der Waals surface area contributed by atoms with Crippen LogP contribution in [0.3, 0.4) is 0 Å². The minimum Gasteiger partial charge on any atom is -0.361 e. The summed E-state index contributed by atoms with van der Waals surface area (Å²) in [7, 11) is 1.96. The molecule has 4 heteroatoms. The Morgan fingerprint density at radius 1 is 1.32 bits per heavy atom. The molecule has 0 saturated heterocycles. The van der Waals surface area contributed by atoms with E-state index in [9.17, 15) is 4.79 Å². The Balaban J connectivity index is 1.78. The van der Waals surface area contributed by atoms with Crippen LogP contribution in [0.15, 0.2) is 48.9 Å². The maximum absolute atomic E-state index is 12.2. The molecule has 0 bridgehead atoms. The van der Waals surface area contributed by atoms with Crippen molar-refractivity contribution < 1.29 is 4.79 Å². The maximum atomic E-state index is 12.2. The number of carbonyl (C=O) groups is 1. The van der Waals surface area contributed by atoms with Crippen molar-refractivity contribution in [2.24, 2.45) is 7.05 Å². The second kappa shape index (κ2) is 4.65. The van der Waals surface area contributed by atoms with Gasteiger partial charge in [0, 0.05) is 48.6 Å². The summed E-state index contributed by atoms with van der Waals surface area (Å²) in [6.07, 6.45) is 5.81. The third-order valence-corrected chi connectivity index (χ3v) is 3.19. The molecular formula is C15H15N3O. The zero-order valence-corrected chi connectivity index (χ0v) is 10.7. The van der Waals surface area contributed by atoms with E-state index in [0.717, 1.165) is 16.5 Å². The van der Waals surface area contributed by atoms with E-state index in [-0.39, 0.29) is 5.91 Å². The van der Waals surface area contributed by atoms with E-state index in [4.69, 9.17) is 0 Å². The van der Waals surface area contributed by atoms with Crippen LogP contribution in [0.2, 0.25) is 0 Å². The van der Waals surface area contributed by atoms with Crippen LogP contribution in [-0.2, 0) is 13.6 Å². The number of nitrogens with one attached hydrogen (secondary N) is 2. The summed E-state index contributed by atoms with van der Waals surface area (Å²) in [5.74, 6) is -0.0472. The first-order valence-electron chi connectivity index (χ1n) is 6.19. The van der Waals surface area contributed by atoms with E-state index in [1.165, 1.54) is 0 Å². The number of H-pyrrole nitrogens is 1. The lowest BCUT2D eigenvalue weighted by Crippen LogP contribution is -2.22. The van der Waals surface area contributed by atoms with Gasteiger partial charge in [0.25, 0.3) is 5.91 Å². The zero-order valence-electron chi connectivity index (χ0n) is 10.7. The van der Waals surface area contributed by atoms with E-state index in [2.05, 4.69) is 10.3 Å². The van der Waals surface area contributed by atoms with Crippen LogP contribution in [-0.4, -0.2) is 15.5 Å². The van der Waals surface area contributed by atoms with E-state index in [1.807, 2.05) is 60.5 Å². The van der Waals surface area contributed by atoms with E-state index < -0.39 is 0 Å². The van der Waals surface area contributed by atoms with Crippen LogP contribution in [0.5, 0.6) is 0 Å². The minimum absolute atomic E-state index is 0.0472. The van der Waals surface area contributed by atoms with Crippen molar-refractivity contribution in [1.29, 1.82) is 0 Å². The molecule has 3 rings (SSSR count). The monoisotopic (exact) mass is 253 g/mol. The SMILES string of the molecule is Cn1ccc(CNC(=O)c2cccc3[nH]ccc23)c1. The standard InChI is InChI=1S/C15H15N3O/c1-18-8-6-11(10-18)9-17-15(19)13-3-2-4-14-12(13)5-7-16-14/h2-8,10,16H,9H2,1H3,(H,17,19). The van der Waals surface area contributed by atoms with Crippen LogP contribution in [0.4, 0.5) is 0 Å². The Morgan fingerprint density at radius 2 is 2.21 bits per heavy atom. The lowest BCUT2D eigenvalue weighted by molar-refractivity contribution is 0.0952. The molecule has 0 saturated carbocycles. The van der Waals surface area contributed by atoms with Crippen LogP contribution >= 0.6 is 0 Å². The normalized spacial score (nSPS) is 10.8. The molecule has 3 aromatic rings. The van der Waals surface area contributed by atoms with Crippen molar-refractivity contribution in [3.05, 3.63) is 60.0 Å². The second-order valence-electron chi connectivity index (χ2n) is 4.61. The van der Waals surface area contributed by atoms with Gasteiger partial charge in [-0.3, -0.25) is 4.79 Å². The number of carbonyl (C=O) groups excluding carboxylic acids is 1. The maximum Gasteiger partial charge on any atom is 0.252 e. The van der Waals surface area contributed by atoms with Crippen molar-refractivity contribution in [2.75, 3.05) is 0 Å². The topological polar surface area (TPSA) is 49.8 Å². The van der Waals surface area contributed by atoms with Gasteiger partial charge in [-0.2, -0.15) is 0 Å². The van der Waals surface area contributed by atoms with Crippen molar-refractivity contribution in [2.45, 2.75) is 6.54 Å². The molecule has 1 amide bonds. The summed E-state index contributed by atoms with van der Waals surface area (Å²) < 4.78 is 1.97. The molecular weight excluding hydrogens is 238 g/mol. The lowest BCUT2D eigenvalue weighted by atomic mass is 10.1. The van der Waals surface area contributed by atoms with Gasteiger partial charge in [0.2, 0.25) is 0 Å². The fourth-order valence-electron chi connectivity index (χ4n) is 2.23. The number of nitrogens with zero attached hydrogens (tertiary/aromatic N) is 1. The van der Waals surface area contributed by atoms with Crippen molar-refractivity contribution in [1.82, 2.24) is 14.9 Å². The van der Waals surface area contributed by atoms with Gasteiger partial charge in [0.1, 0.15) is 0 Å². The van der Waals surface area contributed by atoms with Gasteiger partial charge in [0.15, 0.2) is 0 Å². The van der Waals surface area contributed by atoms with Crippen LogP contribution < -0.4 is 5.32 Å². The fraction of sp³-hybridized carbons (Fsp3) is 0.133. The number of fused-ring (bicyclic) bond motifs is 1. The van der Waals surface area contributed by atoms with E-state index in [0.29, 0.717) is 12.1 Å². The van der Waals surface area contributed by atoms with E-state index in [1.54, 1.807) is 0 Å². The molecule has 96 valence electrons. The predicted octanol–water partition coefficient (Wildman–Crippen LogP) is 2.44. The molecule has 4 nitrogen and oxygen atoms in total. The highest BCUT2D eigenvalue weighted by molar-refractivity contribution is 6.06. The molecule has 0 aliphatic carbocycles. The fourth-order valence-corrected chi connectivity index (χ4v) is 2.23. The van der Waals surface area contributed by atoms with Crippen molar-refractivity contribution in [3.63, 3.8) is 0 Å². The molecule has 2 N–H and O–H groups in total. The molecule has 0 spiro atoms. The molecule has 0 aliphatic rings. The molecule has 0 atom stereocenters.